The summed E-state index contributed by atoms with van der Waals surface area (Å²) in [6.45, 7) is 0. The molecule has 0 amide bonds. The van der Waals surface area contributed by atoms with Gasteiger partial charge in [-0.2, -0.15) is 0 Å². The van der Waals surface area contributed by atoms with Crippen LogP contribution in [0.1, 0.15) is 0 Å². The molecule has 29 heavy (non-hydrogen) atoms. The lowest BCUT2D eigenvalue weighted by Gasteiger charge is -2.28. The Morgan fingerprint density at radius 3 is 1.69 bits per heavy atom. The fourth-order valence-electron chi connectivity index (χ4n) is 4.57. The summed E-state index contributed by atoms with van der Waals surface area (Å²) in [4.78, 5) is 2.37. The van der Waals surface area contributed by atoms with Crippen LogP contribution in [0.25, 0.3) is 33.0 Å². The van der Waals surface area contributed by atoms with E-state index in [1.165, 1.54) is 38.7 Å². The summed E-state index contributed by atoms with van der Waals surface area (Å²) in [6.07, 6.45) is 0. The highest BCUT2D eigenvalue weighted by molar-refractivity contribution is 6.19. The highest BCUT2D eigenvalue weighted by Gasteiger charge is 2.26. The van der Waals surface area contributed by atoms with Gasteiger partial charge < -0.3 is 4.90 Å². The molecule has 1 aliphatic rings. The van der Waals surface area contributed by atoms with E-state index in [0.717, 1.165) is 11.4 Å². The second kappa shape index (κ2) is 6.35. The lowest BCUT2D eigenvalue weighted by Crippen LogP contribution is -2.10. The molecule has 0 heterocycles. The van der Waals surface area contributed by atoms with Gasteiger partial charge in [-0.25, -0.2) is 0 Å². The summed E-state index contributed by atoms with van der Waals surface area (Å²) in [7, 11) is 0. The van der Waals surface area contributed by atoms with Crippen LogP contribution in [0.15, 0.2) is 115 Å². The first-order chi connectivity index (χ1) is 14.4. The molecule has 0 radical (unpaired) electrons. The number of para-hydroxylation sites is 2. The summed E-state index contributed by atoms with van der Waals surface area (Å²) in [5.41, 5.74) is 8.82. The Hall–Kier alpha value is -3.84. The zero-order valence-corrected chi connectivity index (χ0v) is 15.9. The molecular formula is C28H19N. The molecule has 0 unspecified atom stereocenters. The van der Waals surface area contributed by atoms with Crippen molar-refractivity contribution in [2.24, 2.45) is 0 Å². The fourth-order valence-corrected chi connectivity index (χ4v) is 4.57. The molecule has 1 nitrogen and oxygen atoms in total. The van der Waals surface area contributed by atoms with Crippen LogP contribution in [0.3, 0.4) is 0 Å². The predicted octanol–water partition coefficient (Wildman–Crippen LogP) is 7.96. The third kappa shape index (κ3) is 2.41. The van der Waals surface area contributed by atoms with Crippen molar-refractivity contribution in [1.29, 1.82) is 0 Å². The minimum Gasteiger partial charge on any atom is -0.310 e. The lowest BCUT2D eigenvalue weighted by atomic mass is 9.99. The maximum Gasteiger partial charge on any atom is 0.0546 e. The van der Waals surface area contributed by atoms with Gasteiger partial charge in [0.15, 0.2) is 0 Å². The second-order valence-electron chi connectivity index (χ2n) is 7.42. The van der Waals surface area contributed by atoms with E-state index in [-0.39, 0.29) is 0 Å². The first-order valence-electron chi connectivity index (χ1n) is 9.97. The van der Waals surface area contributed by atoms with Crippen LogP contribution in [0.5, 0.6) is 0 Å². The van der Waals surface area contributed by atoms with Crippen molar-refractivity contribution in [3.63, 3.8) is 0 Å². The molecule has 5 aromatic rings. The molecule has 0 fully saturated rings. The van der Waals surface area contributed by atoms with Crippen LogP contribution < -0.4 is 4.90 Å². The van der Waals surface area contributed by atoms with E-state index < -0.39 is 0 Å². The van der Waals surface area contributed by atoms with E-state index in [0.29, 0.717) is 0 Å². The number of hydrogen-bond acceptors (Lipinski definition) is 1. The number of rotatable bonds is 3. The smallest absolute Gasteiger partial charge is 0.0546 e. The number of hydrogen-bond donors (Lipinski definition) is 0. The Morgan fingerprint density at radius 1 is 0.414 bits per heavy atom. The third-order valence-corrected chi connectivity index (χ3v) is 5.78. The standard InChI is InChI=1S/C28H19N/c1-3-11-21(12-4-1)29(22-13-5-2-6-14-22)26-19-18-20-10-9-17-24-23-15-7-8-16-25(23)28(26)27(20)24/h1-19H. The van der Waals surface area contributed by atoms with Gasteiger partial charge in [-0.1, -0.05) is 84.9 Å². The molecule has 5 aromatic carbocycles. The highest BCUT2D eigenvalue weighted by Crippen LogP contribution is 2.53. The molecule has 136 valence electrons. The van der Waals surface area contributed by atoms with Crippen molar-refractivity contribution in [2.75, 3.05) is 4.90 Å². The van der Waals surface area contributed by atoms with E-state index in [9.17, 15) is 0 Å². The summed E-state index contributed by atoms with van der Waals surface area (Å²) in [5.74, 6) is 0. The number of benzene rings is 5. The summed E-state index contributed by atoms with van der Waals surface area (Å²) in [6, 6.07) is 41.2. The highest BCUT2D eigenvalue weighted by atomic mass is 15.1. The van der Waals surface area contributed by atoms with Gasteiger partial charge in [0, 0.05) is 16.9 Å². The molecule has 0 bridgehead atoms. The lowest BCUT2D eigenvalue weighted by molar-refractivity contribution is 1.29. The topological polar surface area (TPSA) is 3.24 Å². The van der Waals surface area contributed by atoms with Crippen molar-refractivity contribution >= 4 is 27.8 Å². The van der Waals surface area contributed by atoms with E-state index in [1.807, 2.05) is 0 Å². The van der Waals surface area contributed by atoms with Gasteiger partial charge in [0.05, 0.1) is 5.69 Å². The van der Waals surface area contributed by atoms with Crippen molar-refractivity contribution in [1.82, 2.24) is 0 Å². The fraction of sp³-hybridized carbons (Fsp3) is 0. The number of nitrogens with zero attached hydrogens (tertiary/aromatic N) is 1. The first-order valence-corrected chi connectivity index (χ1v) is 9.97. The average molecular weight is 369 g/mol. The Balaban J connectivity index is 1.71. The summed E-state index contributed by atoms with van der Waals surface area (Å²) in [5, 5.41) is 2.64. The first kappa shape index (κ1) is 16.1. The monoisotopic (exact) mass is 369 g/mol. The van der Waals surface area contributed by atoms with Crippen LogP contribution in [0.4, 0.5) is 17.1 Å². The molecule has 0 saturated carbocycles. The van der Waals surface area contributed by atoms with Crippen LogP contribution in [-0.4, -0.2) is 0 Å². The zero-order chi connectivity index (χ0) is 19.2. The van der Waals surface area contributed by atoms with E-state index >= 15 is 0 Å². The van der Waals surface area contributed by atoms with Crippen molar-refractivity contribution < 1.29 is 0 Å². The molecule has 6 rings (SSSR count). The normalized spacial score (nSPS) is 11.4. The van der Waals surface area contributed by atoms with Gasteiger partial charge in [-0.05, 0) is 57.8 Å². The molecule has 0 spiro atoms. The molecule has 0 atom stereocenters. The van der Waals surface area contributed by atoms with Crippen LogP contribution in [0, 0.1) is 0 Å². The van der Waals surface area contributed by atoms with Gasteiger partial charge in [0.2, 0.25) is 0 Å². The van der Waals surface area contributed by atoms with Crippen LogP contribution in [0.2, 0.25) is 0 Å². The molecule has 1 heteroatoms. The predicted molar refractivity (Wildman–Crippen MR) is 123 cm³/mol. The van der Waals surface area contributed by atoms with Crippen molar-refractivity contribution in [3.8, 4) is 22.3 Å². The molecule has 0 saturated heterocycles. The van der Waals surface area contributed by atoms with Gasteiger partial charge >= 0.3 is 0 Å². The van der Waals surface area contributed by atoms with Crippen LogP contribution in [-0.2, 0) is 0 Å². The zero-order valence-electron chi connectivity index (χ0n) is 15.9. The molecule has 0 N–H and O–H groups in total. The van der Waals surface area contributed by atoms with Gasteiger partial charge in [-0.3, -0.25) is 0 Å². The largest absolute Gasteiger partial charge is 0.310 e. The minimum atomic E-state index is 1.16. The van der Waals surface area contributed by atoms with Crippen molar-refractivity contribution in [2.45, 2.75) is 0 Å². The molecule has 1 aliphatic carbocycles. The average Bonchev–Trinajstić information content (AvgIpc) is 3.14. The van der Waals surface area contributed by atoms with Gasteiger partial charge in [0.1, 0.15) is 0 Å². The Labute approximate surface area is 170 Å². The Kier molecular flexibility index (Phi) is 3.54. The SMILES string of the molecule is c1ccc(N(c2ccccc2)c2ccc3cccc4c3c2-c2ccccc2-4)cc1. The van der Waals surface area contributed by atoms with Gasteiger partial charge in [-0.15, -0.1) is 0 Å². The maximum absolute atomic E-state index is 2.37. The molecule has 0 aromatic heterocycles. The number of fused-ring (bicyclic) bond motifs is 3. The van der Waals surface area contributed by atoms with Crippen molar-refractivity contribution in [3.05, 3.63) is 115 Å². The van der Waals surface area contributed by atoms with Gasteiger partial charge in [0.25, 0.3) is 0 Å². The second-order valence-corrected chi connectivity index (χ2v) is 7.42. The summed E-state index contributed by atoms with van der Waals surface area (Å²) < 4.78 is 0. The van der Waals surface area contributed by atoms with Crippen LogP contribution >= 0.6 is 0 Å². The third-order valence-electron chi connectivity index (χ3n) is 5.78. The minimum absolute atomic E-state index is 1.16. The van der Waals surface area contributed by atoms with E-state index in [4.69, 9.17) is 0 Å². The molecular weight excluding hydrogens is 350 g/mol. The van der Waals surface area contributed by atoms with E-state index in [2.05, 4.69) is 120 Å². The van der Waals surface area contributed by atoms with E-state index in [1.54, 1.807) is 0 Å². The maximum atomic E-state index is 2.37. The molecule has 0 aliphatic heterocycles. The Morgan fingerprint density at radius 2 is 1.00 bits per heavy atom. The quantitative estimate of drug-likeness (QED) is 0.306. The number of anilines is 3. The Bertz CT molecular complexity index is 1300. The summed E-state index contributed by atoms with van der Waals surface area (Å²) >= 11 is 0.